The first kappa shape index (κ1) is 11.9. The number of carbonyl (C=O) groups is 1. The van der Waals surface area contributed by atoms with Crippen LogP contribution in [0.5, 0.6) is 0 Å². The third kappa shape index (κ3) is 3.46. The number of anilines is 2. The zero-order valence-corrected chi connectivity index (χ0v) is 10.0. The van der Waals surface area contributed by atoms with Crippen LogP contribution in [0.25, 0.3) is 0 Å². The number of hydrogen-bond donors (Lipinski definition) is 2. The van der Waals surface area contributed by atoms with Crippen molar-refractivity contribution in [3.63, 3.8) is 0 Å². The molecule has 0 saturated heterocycles. The first-order valence-corrected chi connectivity index (χ1v) is 5.89. The van der Waals surface area contributed by atoms with E-state index in [0.29, 0.717) is 18.2 Å². The van der Waals surface area contributed by atoms with Gasteiger partial charge in [0.05, 0.1) is 6.61 Å². The Hall–Kier alpha value is -1.55. The predicted octanol–water partition coefficient (Wildman–Crippen LogP) is 1.94. The fourth-order valence-electron chi connectivity index (χ4n) is 1.58. The van der Waals surface area contributed by atoms with Crippen LogP contribution in [0.2, 0.25) is 0 Å². The maximum atomic E-state index is 11.6. The van der Waals surface area contributed by atoms with Crippen molar-refractivity contribution in [2.24, 2.45) is 5.92 Å². The first-order valence-electron chi connectivity index (χ1n) is 5.89. The highest BCUT2D eigenvalue weighted by molar-refractivity contribution is 5.93. The van der Waals surface area contributed by atoms with Gasteiger partial charge in [0.1, 0.15) is 6.61 Å². The fourth-order valence-corrected chi connectivity index (χ4v) is 1.58. The summed E-state index contributed by atoms with van der Waals surface area (Å²) in [6.45, 7) is 2.70. The molecule has 3 N–H and O–H groups in total. The van der Waals surface area contributed by atoms with Crippen molar-refractivity contribution in [1.82, 2.24) is 0 Å². The van der Waals surface area contributed by atoms with E-state index in [0.717, 1.165) is 11.3 Å². The molecule has 1 fully saturated rings. The van der Waals surface area contributed by atoms with Gasteiger partial charge >= 0.3 is 0 Å². The highest BCUT2D eigenvalue weighted by Gasteiger charge is 2.21. The number of nitrogen functional groups attached to an aromatic ring is 1. The Morgan fingerprint density at radius 3 is 3.00 bits per heavy atom. The lowest BCUT2D eigenvalue weighted by Gasteiger charge is -2.10. The molecule has 0 spiro atoms. The second-order valence-corrected chi connectivity index (χ2v) is 4.53. The maximum Gasteiger partial charge on any atom is 0.250 e. The lowest BCUT2D eigenvalue weighted by Crippen LogP contribution is -2.19. The molecule has 0 unspecified atom stereocenters. The van der Waals surface area contributed by atoms with Crippen LogP contribution in [0.4, 0.5) is 11.4 Å². The number of nitrogens with one attached hydrogen (secondary N) is 1. The van der Waals surface area contributed by atoms with Crippen LogP contribution in [0.1, 0.15) is 18.4 Å². The van der Waals surface area contributed by atoms with Gasteiger partial charge in [-0.2, -0.15) is 0 Å². The number of hydrogen-bond acceptors (Lipinski definition) is 3. The van der Waals surface area contributed by atoms with Gasteiger partial charge in [-0.15, -0.1) is 0 Å². The second kappa shape index (κ2) is 5.19. The zero-order valence-electron chi connectivity index (χ0n) is 10.0. The topological polar surface area (TPSA) is 64.3 Å². The average Bonchev–Trinajstić information content (AvgIpc) is 3.09. The third-order valence-corrected chi connectivity index (χ3v) is 2.93. The van der Waals surface area contributed by atoms with Gasteiger partial charge in [0.2, 0.25) is 5.91 Å². The summed E-state index contributed by atoms with van der Waals surface area (Å²) in [5.74, 6) is 0.552. The van der Waals surface area contributed by atoms with Crippen molar-refractivity contribution in [3.8, 4) is 0 Å². The number of ether oxygens (including phenoxy) is 1. The monoisotopic (exact) mass is 234 g/mol. The average molecular weight is 234 g/mol. The normalized spacial score (nSPS) is 14.6. The van der Waals surface area contributed by atoms with Crippen LogP contribution in [-0.2, 0) is 9.53 Å². The van der Waals surface area contributed by atoms with E-state index in [2.05, 4.69) is 5.32 Å². The second-order valence-electron chi connectivity index (χ2n) is 4.53. The molecule has 1 aromatic rings. The highest BCUT2D eigenvalue weighted by Crippen LogP contribution is 2.28. The number of benzene rings is 1. The van der Waals surface area contributed by atoms with Crippen molar-refractivity contribution in [2.45, 2.75) is 19.8 Å². The molecule has 0 bridgehead atoms. The van der Waals surface area contributed by atoms with Crippen molar-refractivity contribution >= 4 is 17.3 Å². The summed E-state index contributed by atoms with van der Waals surface area (Å²) < 4.78 is 5.32. The van der Waals surface area contributed by atoms with E-state index >= 15 is 0 Å². The van der Waals surface area contributed by atoms with Crippen LogP contribution in [0, 0.1) is 12.8 Å². The van der Waals surface area contributed by atoms with Gasteiger partial charge in [-0.1, -0.05) is 6.07 Å². The van der Waals surface area contributed by atoms with Crippen molar-refractivity contribution in [3.05, 3.63) is 23.8 Å². The van der Waals surface area contributed by atoms with Crippen LogP contribution in [0.3, 0.4) is 0 Å². The summed E-state index contributed by atoms with van der Waals surface area (Å²) in [6, 6.07) is 5.47. The lowest BCUT2D eigenvalue weighted by atomic mass is 10.1. The summed E-state index contributed by atoms with van der Waals surface area (Å²) in [5, 5.41) is 2.80. The van der Waals surface area contributed by atoms with E-state index in [4.69, 9.17) is 10.5 Å². The maximum absolute atomic E-state index is 11.6. The molecule has 0 atom stereocenters. The van der Waals surface area contributed by atoms with Crippen molar-refractivity contribution in [2.75, 3.05) is 24.3 Å². The van der Waals surface area contributed by atoms with Gasteiger partial charge in [-0.25, -0.2) is 0 Å². The van der Waals surface area contributed by atoms with E-state index in [1.54, 1.807) is 0 Å². The number of rotatable bonds is 5. The minimum absolute atomic E-state index is 0.116. The number of amides is 1. The molecule has 17 heavy (non-hydrogen) atoms. The molecule has 1 aliphatic carbocycles. The van der Waals surface area contributed by atoms with Crippen molar-refractivity contribution in [1.29, 1.82) is 0 Å². The molecular weight excluding hydrogens is 216 g/mol. The minimum atomic E-state index is -0.126. The molecule has 1 aromatic carbocycles. The molecule has 0 aromatic heterocycles. The van der Waals surface area contributed by atoms with Gasteiger partial charge in [-0.05, 0) is 43.4 Å². The van der Waals surface area contributed by atoms with E-state index in [1.807, 2.05) is 25.1 Å². The first-order chi connectivity index (χ1) is 8.16. The van der Waals surface area contributed by atoms with E-state index in [9.17, 15) is 4.79 Å². The van der Waals surface area contributed by atoms with Gasteiger partial charge in [0.25, 0.3) is 0 Å². The van der Waals surface area contributed by atoms with Gasteiger partial charge < -0.3 is 15.8 Å². The Kier molecular flexibility index (Phi) is 3.64. The molecule has 0 heterocycles. The molecule has 1 aliphatic rings. The molecular formula is C13H18N2O2. The van der Waals surface area contributed by atoms with Gasteiger partial charge in [-0.3, -0.25) is 4.79 Å². The molecule has 1 saturated carbocycles. The molecule has 0 radical (unpaired) electrons. The molecule has 92 valence electrons. The predicted molar refractivity (Wildman–Crippen MR) is 67.8 cm³/mol. The SMILES string of the molecule is Cc1c(N)cccc1NC(=O)COCC1CC1. The Morgan fingerprint density at radius 1 is 1.53 bits per heavy atom. The summed E-state index contributed by atoms with van der Waals surface area (Å²) in [5.41, 5.74) is 8.09. The van der Waals surface area contributed by atoms with Crippen LogP contribution in [-0.4, -0.2) is 19.1 Å². The molecule has 4 nitrogen and oxygen atoms in total. The summed E-state index contributed by atoms with van der Waals surface area (Å²) in [6.07, 6.45) is 2.46. The largest absolute Gasteiger partial charge is 0.398 e. The highest BCUT2D eigenvalue weighted by atomic mass is 16.5. The summed E-state index contributed by atoms with van der Waals surface area (Å²) >= 11 is 0. The fraction of sp³-hybridized carbons (Fsp3) is 0.462. The van der Waals surface area contributed by atoms with E-state index in [1.165, 1.54) is 12.8 Å². The molecule has 0 aliphatic heterocycles. The van der Waals surface area contributed by atoms with Crippen LogP contribution < -0.4 is 11.1 Å². The number of carbonyl (C=O) groups excluding carboxylic acids is 1. The minimum Gasteiger partial charge on any atom is -0.398 e. The Balaban J connectivity index is 1.82. The van der Waals surface area contributed by atoms with E-state index < -0.39 is 0 Å². The molecule has 1 amide bonds. The van der Waals surface area contributed by atoms with Crippen LogP contribution in [0.15, 0.2) is 18.2 Å². The Labute approximate surface area is 101 Å². The quantitative estimate of drug-likeness (QED) is 0.765. The third-order valence-electron chi connectivity index (χ3n) is 2.93. The summed E-state index contributed by atoms with van der Waals surface area (Å²) in [4.78, 5) is 11.6. The van der Waals surface area contributed by atoms with E-state index in [-0.39, 0.29) is 12.5 Å². The zero-order chi connectivity index (χ0) is 12.3. The van der Waals surface area contributed by atoms with Gasteiger partial charge in [0, 0.05) is 11.4 Å². The number of nitrogens with two attached hydrogens (primary N) is 1. The standard InChI is InChI=1S/C13H18N2O2/c1-9-11(14)3-2-4-12(9)15-13(16)8-17-7-10-5-6-10/h2-4,10H,5-8,14H2,1H3,(H,15,16). The van der Waals surface area contributed by atoms with Crippen molar-refractivity contribution < 1.29 is 9.53 Å². The Morgan fingerprint density at radius 2 is 2.29 bits per heavy atom. The summed E-state index contributed by atoms with van der Waals surface area (Å²) in [7, 11) is 0. The smallest absolute Gasteiger partial charge is 0.250 e. The molecule has 2 rings (SSSR count). The van der Waals surface area contributed by atoms with Crippen LogP contribution >= 0.6 is 0 Å². The Bertz CT molecular complexity index is 414. The van der Waals surface area contributed by atoms with Gasteiger partial charge in [0.15, 0.2) is 0 Å². The molecule has 4 heteroatoms. The lowest BCUT2D eigenvalue weighted by molar-refractivity contribution is -0.120.